The third-order valence-electron chi connectivity index (χ3n) is 6.56. The lowest BCUT2D eigenvalue weighted by atomic mass is 9.91. The maximum absolute atomic E-state index is 11.9. The number of ether oxygens (including phenoxy) is 1. The Balaban J connectivity index is 2.00. The van der Waals surface area contributed by atoms with Crippen molar-refractivity contribution in [3.8, 4) is 0 Å². The fourth-order valence-electron chi connectivity index (χ4n) is 4.95. The number of carbonyl (C=O) groups excluding carboxylic acids is 1. The van der Waals surface area contributed by atoms with Crippen molar-refractivity contribution in [2.24, 2.45) is 11.8 Å². The summed E-state index contributed by atoms with van der Waals surface area (Å²) >= 11 is 0. The molecular weight excluding hydrogens is 408 g/mol. The Morgan fingerprint density at radius 1 is 0.935 bits per heavy atom. The Morgan fingerprint density at radius 2 is 1.42 bits per heavy atom. The van der Waals surface area contributed by atoms with E-state index in [1.165, 1.54) is 7.11 Å². The highest BCUT2D eigenvalue weighted by atomic mass is 28.4. The number of aliphatic hydroxyl groups is 2. The van der Waals surface area contributed by atoms with Gasteiger partial charge in [-0.05, 0) is 21.8 Å². The number of hydrogen-bond acceptors (Lipinski definition) is 5. The lowest BCUT2D eigenvalue weighted by Crippen LogP contribution is -2.67. The summed E-state index contributed by atoms with van der Waals surface area (Å²) in [5, 5.41) is 23.3. The standard InChI is InChI=1S/C25H34O5Si/c1-25(2,3)31(18-11-7-5-8-12-18,19-13-9-6-10-14-19)30-17-21-20(15-24(28)29-4)22(26)16-23(21)27/h5-14,20-23,26-27H,15-17H2,1-4H3/t20-,21-,22-,23+/m1/s1. The highest BCUT2D eigenvalue weighted by molar-refractivity contribution is 6.99. The summed E-state index contributed by atoms with van der Waals surface area (Å²) in [4.78, 5) is 11.9. The number of rotatable bonds is 7. The molecule has 1 saturated carbocycles. The number of carbonyl (C=O) groups is 1. The molecule has 0 radical (unpaired) electrons. The Bertz CT molecular complexity index is 810. The molecule has 0 bridgehead atoms. The fourth-order valence-corrected chi connectivity index (χ4v) is 9.55. The Morgan fingerprint density at radius 3 is 1.87 bits per heavy atom. The van der Waals surface area contributed by atoms with Crippen LogP contribution in [0, 0.1) is 11.8 Å². The zero-order chi connectivity index (χ0) is 22.6. The van der Waals surface area contributed by atoms with E-state index in [0.717, 1.165) is 10.4 Å². The normalized spacial score (nSPS) is 24.2. The lowest BCUT2D eigenvalue weighted by Gasteiger charge is -2.44. The van der Waals surface area contributed by atoms with Crippen molar-refractivity contribution in [3.63, 3.8) is 0 Å². The molecule has 0 amide bonds. The maximum atomic E-state index is 11.9. The molecule has 1 aliphatic carbocycles. The summed E-state index contributed by atoms with van der Waals surface area (Å²) in [5.41, 5.74) is 0. The summed E-state index contributed by atoms with van der Waals surface area (Å²) in [6.07, 6.45) is -1.15. The first-order valence-electron chi connectivity index (χ1n) is 10.9. The molecule has 31 heavy (non-hydrogen) atoms. The topological polar surface area (TPSA) is 76.0 Å². The number of aliphatic hydroxyl groups excluding tert-OH is 2. The smallest absolute Gasteiger partial charge is 0.305 e. The zero-order valence-electron chi connectivity index (χ0n) is 18.8. The number of methoxy groups -OCH3 is 1. The molecule has 168 valence electrons. The minimum atomic E-state index is -2.76. The first kappa shape index (κ1) is 23.7. The van der Waals surface area contributed by atoms with E-state index < -0.39 is 20.5 Å². The van der Waals surface area contributed by atoms with E-state index in [4.69, 9.17) is 9.16 Å². The van der Waals surface area contributed by atoms with Gasteiger partial charge in [0.1, 0.15) is 0 Å². The van der Waals surface area contributed by atoms with Gasteiger partial charge in [-0.1, -0.05) is 81.4 Å². The summed E-state index contributed by atoms with van der Waals surface area (Å²) in [6.45, 7) is 6.87. The van der Waals surface area contributed by atoms with Crippen LogP contribution < -0.4 is 10.4 Å². The Kier molecular flexibility index (Phi) is 7.37. The molecule has 2 N–H and O–H groups in total. The predicted octanol–water partition coefficient (Wildman–Crippen LogP) is 2.48. The van der Waals surface area contributed by atoms with Crippen molar-refractivity contribution in [2.45, 2.75) is 50.9 Å². The molecule has 0 unspecified atom stereocenters. The Labute approximate surface area is 186 Å². The summed E-state index contributed by atoms with van der Waals surface area (Å²) < 4.78 is 11.7. The molecular formula is C25H34O5Si. The first-order chi connectivity index (χ1) is 14.7. The first-order valence-corrected chi connectivity index (χ1v) is 12.8. The summed E-state index contributed by atoms with van der Waals surface area (Å²) in [6, 6.07) is 20.6. The second kappa shape index (κ2) is 9.65. The van der Waals surface area contributed by atoms with Gasteiger partial charge in [-0.2, -0.15) is 0 Å². The second-order valence-electron chi connectivity index (χ2n) is 9.45. The van der Waals surface area contributed by atoms with Crippen LogP contribution in [0.4, 0.5) is 0 Å². The molecule has 6 heteroatoms. The van der Waals surface area contributed by atoms with Crippen LogP contribution in [-0.2, 0) is 14.0 Å². The van der Waals surface area contributed by atoms with Crippen molar-refractivity contribution >= 4 is 24.7 Å². The fraction of sp³-hybridized carbons (Fsp3) is 0.480. The van der Waals surface area contributed by atoms with Crippen LogP contribution >= 0.6 is 0 Å². The van der Waals surface area contributed by atoms with Gasteiger partial charge < -0.3 is 19.4 Å². The molecule has 0 aliphatic heterocycles. The van der Waals surface area contributed by atoms with Gasteiger partial charge in [0.2, 0.25) is 0 Å². The van der Waals surface area contributed by atoms with E-state index >= 15 is 0 Å². The average molecular weight is 443 g/mol. The van der Waals surface area contributed by atoms with Gasteiger partial charge in [0.05, 0.1) is 25.7 Å². The van der Waals surface area contributed by atoms with Crippen LogP contribution in [0.3, 0.4) is 0 Å². The largest absolute Gasteiger partial charge is 0.469 e. The van der Waals surface area contributed by atoms with Gasteiger partial charge >= 0.3 is 5.97 Å². The van der Waals surface area contributed by atoms with Crippen LogP contribution in [0.2, 0.25) is 5.04 Å². The lowest BCUT2D eigenvalue weighted by molar-refractivity contribution is -0.143. The monoisotopic (exact) mass is 442 g/mol. The van der Waals surface area contributed by atoms with Gasteiger partial charge in [-0.3, -0.25) is 4.79 Å². The van der Waals surface area contributed by atoms with Crippen molar-refractivity contribution in [1.29, 1.82) is 0 Å². The minimum absolute atomic E-state index is 0.0729. The second-order valence-corrected chi connectivity index (χ2v) is 13.8. The van der Waals surface area contributed by atoms with Crippen LogP contribution in [0.5, 0.6) is 0 Å². The van der Waals surface area contributed by atoms with E-state index in [2.05, 4.69) is 45.0 Å². The minimum Gasteiger partial charge on any atom is -0.469 e. The van der Waals surface area contributed by atoms with Crippen molar-refractivity contribution < 1.29 is 24.2 Å². The highest BCUT2D eigenvalue weighted by Gasteiger charge is 2.52. The van der Waals surface area contributed by atoms with Gasteiger partial charge in [0.15, 0.2) is 0 Å². The SMILES string of the molecule is COC(=O)C[C@@H]1[C@@H](CO[Si](c2ccccc2)(c2ccccc2)C(C)(C)C)[C@@H](O)C[C@H]1O. The van der Waals surface area contributed by atoms with Crippen molar-refractivity contribution in [3.05, 3.63) is 60.7 Å². The van der Waals surface area contributed by atoms with E-state index in [-0.39, 0.29) is 42.3 Å². The van der Waals surface area contributed by atoms with E-state index in [0.29, 0.717) is 0 Å². The highest BCUT2D eigenvalue weighted by Crippen LogP contribution is 2.40. The van der Waals surface area contributed by atoms with Crippen molar-refractivity contribution in [2.75, 3.05) is 13.7 Å². The van der Waals surface area contributed by atoms with Crippen LogP contribution in [0.1, 0.15) is 33.6 Å². The van der Waals surface area contributed by atoms with Crippen LogP contribution in [0.25, 0.3) is 0 Å². The molecule has 0 heterocycles. The van der Waals surface area contributed by atoms with Gasteiger partial charge in [-0.15, -0.1) is 0 Å². The van der Waals surface area contributed by atoms with Gasteiger partial charge in [0, 0.05) is 18.4 Å². The van der Waals surface area contributed by atoms with Gasteiger partial charge in [0.25, 0.3) is 8.32 Å². The third-order valence-corrected chi connectivity index (χ3v) is 11.6. The molecule has 3 rings (SSSR count). The number of benzene rings is 2. The Hall–Kier alpha value is -1.99. The third kappa shape index (κ3) is 4.77. The van der Waals surface area contributed by atoms with Crippen LogP contribution in [-0.4, -0.2) is 50.4 Å². The molecule has 0 aromatic heterocycles. The van der Waals surface area contributed by atoms with Crippen molar-refractivity contribution in [1.82, 2.24) is 0 Å². The molecule has 1 aliphatic rings. The molecule has 2 aromatic carbocycles. The maximum Gasteiger partial charge on any atom is 0.305 e. The number of hydrogen-bond donors (Lipinski definition) is 2. The molecule has 0 spiro atoms. The zero-order valence-corrected chi connectivity index (χ0v) is 19.8. The quantitative estimate of drug-likeness (QED) is 0.509. The predicted molar refractivity (Wildman–Crippen MR) is 124 cm³/mol. The summed E-state index contributed by atoms with van der Waals surface area (Å²) in [5.74, 6) is -1.11. The number of esters is 1. The van der Waals surface area contributed by atoms with E-state index in [1.807, 2.05) is 36.4 Å². The molecule has 5 nitrogen and oxygen atoms in total. The van der Waals surface area contributed by atoms with E-state index in [9.17, 15) is 15.0 Å². The van der Waals surface area contributed by atoms with Gasteiger partial charge in [-0.25, -0.2) is 0 Å². The van der Waals surface area contributed by atoms with E-state index in [1.54, 1.807) is 0 Å². The van der Waals surface area contributed by atoms with Crippen LogP contribution in [0.15, 0.2) is 60.7 Å². The molecule has 1 fully saturated rings. The molecule has 4 atom stereocenters. The summed E-state index contributed by atoms with van der Waals surface area (Å²) in [7, 11) is -1.41. The molecule has 2 aromatic rings. The molecule has 0 saturated heterocycles. The average Bonchev–Trinajstić information content (AvgIpc) is 3.01.